The number of fused-ring (bicyclic) bond motifs is 5. The van der Waals surface area contributed by atoms with Gasteiger partial charge in [-0.25, -0.2) is 37.4 Å². The van der Waals surface area contributed by atoms with E-state index in [1.807, 2.05) is 62.0 Å². The minimum Gasteiger partial charge on any atom is -0.481 e. The van der Waals surface area contributed by atoms with Crippen molar-refractivity contribution in [3.63, 3.8) is 0 Å². The Morgan fingerprint density at radius 3 is 2.06 bits per heavy atom. The van der Waals surface area contributed by atoms with Crippen molar-refractivity contribution in [1.82, 2.24) is 55.7 Å². The van der Waals surface area contributed by atoms with Gasteiger partial charge in [-0.15, -0.1) is 0 Å². The molecule has 10 N–H and O–H groups in total. The molecule has 0 aliphatic carbocycles. The van der Waals surface area contributed by atoms with Crippen LogP contribution < -0.4 is 52.8 Å². The molecule has 3 aliphatic heterocycles. The van der Waals surface area contributed by atoms with Crippen molar-refractivity contribution < 1.29 is 66.1 Å². The molecule has 6 aromatic rings. The number of rotatable bonds is 32. The number of urea groups is 3. The molecule has 5 heterocycles. The Labute approximate surface area is 597 Å². The number of aliphatic carboxylic acids is 1. The molecule has 0 bridgehead atoms. The molecule has 2 aromatic heterocycles. The number of carboxylic acids is 1. The second kappa shape index (κ2) is 34.4. The lowest BCUT2D eigenvalue weighted by Gasteiger charge is -2.37. The zero-order valence-electron chi connectivity index (χ0n) is 59.1. The molecule has 0 spiro atoms. The zero-order valence-corrected chi connectivity index (χ0v) is 59.9. The number of carboxylic acid groups (broad SMARTS) is 1. The number of sulfonamides is 1. The fraction of sp³-hybridized carbons (Fsp3) is 0.431. The number of carbonyl (C=O) groups excluding carboxylic acids is 8. The van der Waals surface area contributed by atoms with Gasteiger partial charge in [-0.1, -0.05) is 71.0 Å². The molecular formula is C72H91N15O15S. The molecule has 30 nitrogen and oxygen atoms in total. The van der Waals surface area contributed by atoms with Gasteiger partial charge in [-0.3, -0.25) is 33.6 Å². The zero-order chi connectivity index (χ0) is 74.3. The molecule has 4 unspecified atom stereocenters. The van der Waals surface area contributed by atoms with Crippen LogP contribution in [0.15, 0.2) is 113 Å². The lowest BCUT2D eigenvalue weighted by molar-refractivity contribution is -0.191. The Kier molecular flexibility index (Phi) is 25.6. The van der Waals surface area contributed by atoms with Crippen LogP contribution in [-0.4, -0.2) is 195 Å². The topological polar surface area (TPSA) is 383 Å². The summed E-state index contributed by atoms with van der Waals surface area (Å²) in [6, 6.07) is 22.3. The van der Waals surface area contributed by atoms with Crippen molar-refractivity contribution >= 4 is 97.4 Å². The first-order chi connectivity index (χ1) is 49.2. The number of esters is 2. The van der Waals surface area contributed by atoms with Crippen molar-refractivity contribution in [2.75, 3.05) is 107 Å². The summed E-state index contributed by atoms with van der Waals surface area (Å²) in [5, 5.41) is 32.3. The number of aromatic nitrogens is 2. The lowest BCUT2D eigenvalue weighted by Crippen LogP contribution is -2.56. The van der Waals surface area contributed by atoms with Crippen molar-refractivity contribution in [1.29, 1.82) is 0 Å². The maximum atomic E-state index is 14.4. The lowest BCUT2D eigenvalue weighted by atomic mass is 9.85. The Morgan fingerprint density at radius 2 is 1.38 bits per heavy atom. The monoisotopic (exact) mass is 1440 g/mol. The Morgan fingerprint density at radius 1 is 0.728 bits per heavy atom. The first-order valence-corrected chi connectivity index (χ1v) is 35.9. The summed E-state index contributed by atoms with van der Waals surface area (Å²) in [7, 11) is 1.48. The number of nitrogens with one attached hydrogen (secondary N) is 9. The van der Waals surface area contributed by atoms with Crippen molar-refractivity contribution in [2.45, 2.75) is 115 Å². The van der Waals surface area contributed by atoms with Crippen molar-refractivity contribution in [3.05, 3.63) is 141 Å². The van der Waals surface area contributed by atoms with E-state index in [9.17, 15) is 61.5 Å². The predicted molar refractivity (Wildman–Crippen MR) is 386 cm³/mol. The molecule has 4 atom stereocenters. The average Bonchev–Trinajstić information content (AvgIpc) is 1.64. The van der Waals surface area contributed by atoms with E-state index in [1.165, 1.54) is 47.4 Å². The number of ether oxygens (including phenoxy) is 2. The van der Waals surface area contributed by atoms with Gasteiger partial charge in [-0.05, 0) is 137 Å². The summed E-state index contributed by atoms with van der Waals surface area (Å²) in [6.45, 7) is 12.6. The second-order valence-corrected chi connectivity index (χ2v) is 27.9. The summed E-state index contributed by atoms with van der Waals surface area (Å²) < 4.78 is 42.6. The van der Waals surface area contributed by atoms with E-state index >= 15 is 0 Å². The maximum Gasteiger partial charge on any atom is 0.355 e. The largest absolute Gasteiger partial charge is 0.481 e. The van der Waals surface area contributed by atoms with Gasteiger partial charge in [0.25, 0.3) is 15.6 Å². The third-order valence-electron chi connectivity index (χ3n) is 18.3. The van der Waals surface area contributed by atoms with Crippen LogP contribution in [-0.2, 0) is 73.4 Å². The molecule has 9 rings (SSSR count). The van der Waals surface area contributed by atoms with Crippen LogP contribution in [0.1, 0.15) is 101 Å². The molecule has 550 valence electrons. The quantitative estimate of drug-likeness (QED) is 0.0225. The van der Waals surface area contributed by atoms with Crippen LogP contribution in [0, 0.1) is 5.92 Å². The predicted octanol–water partition coefficient (Wildman–Crippen LogP) is 5.73. The SMILES string of the molecule is CCCNC(=O)Nc1cccc(S(=O)(=O)Nc2cccc(C(CC(=O)O)NC(=O)Nc3ccc(NC(=O)NCCN(C)CCN(C)CCN(C)CC(=O)NCC(=O)N4CCCC4C(=O)NC(C(=O)OC4(CC)C(=O)OCc5c4cc4n(c5=O)Cc5c-4nc4ccccc4c5CC)C(C)C)cc3)c2)c1. The number of benzene rings is 4. The van der Waals surface area contributed by atoms with Gasteiger partial charge in [-0.2, -0.15) is 0 Å². The number of hydrogen-bond donors (Lipinski definition) is 10. The second-order valence-electron chi connectivity index (χ2n) is 26.2. The molecule has 103 heavy (non-hydrogen) atoms. The maximum absolute atomic E-state index is 14.4. The Balaban J connectivity index is 0.662. The summed E-state index contributed by atoms with van der Waals surface area (Å²) in [5.41, 5.74) is 3.22. The van der Waals surface area contributed by atoms with E-state index in [0.717, 1.165) is 22.0 Å². The van der Waals surface area contributed by atoms with Crippen molar-refractivity contribution in [2.24, 2.45) is 5.92 Å². The minimum atomic E-state index is -4.18. The fourth-order valence-corrected chi connectivity index (χ4v) is 13.8. The van der Waals surface area contributed by atoms with Gasteiger partial charge >= 0.3 is 36.0 Å². The normalized spacial score (nSPS) is 15.9. The van der Waals surface area contributed by atoms with Crippen LogP contribution in [0.2, 0.25) is 0 Å². The van der Waals surface area contributed by atoms with Gasteiger partial charge in [0, 0.05) is 91.6 Å². The molecular weight excluding hydrogens is 1350 g/mol. The number of pyridine rings is 2. The number of cyclic esters (lactones) is 1. The van der Waals surface area contributed by atoms with E-state index in [-0.39, 0.29) is 72.2 Å². The number of amides is 9. The van der Waals surface area contributed by atoms with Crippen LogP contribution in [0.5, 0.6) is 0 Å². The van der Waals surface area contributed by atoms with Crippen LogP contribution in [0.4, 0.5) is 37.1 Å². The third kappa shape index (κ3) is 19.2. The van der Waals surface area contributed by atoms with Gasteiger partial charge in [0.1, 0.15) is 18.7 Å². The molecule has 0 radical (unpaired) electrons. The summed E-state index contributed by atoms with van der Waals surface area (Å²) in [5.74, 6) is -4.99. The third-order valence-corrected chi connectivity index (χ3v) is 19.7. The number of hydrogen-bond acceptors (Lipinski definition) is 18. The first kappa shape index (κ1) is 76.7. The highest BCUT2D eigenvalue weighted by Gasteiger charge is 2.52. The summed E-state index contributed by atoms with van der Waals surface area (Å²) in [4.78, 5) is 146. The number of likely N-dealkylation sites (N-methyl/N-ethyl adjacent to an activating group) is 3. The van der Waals surface area contributed by atoms with Gasteiger partial charge in [0.05, 0.1) is 59.5 Å². The molecule has 1 saturated heterocycles. The molecule has 1 fully saturated rings. The molecule has 4 aromatic carbocycles. The highest BCUT2D eigenvalue weighted by atomic mass is 32.2. The number of aryl methyl sites for hydroxylation is 1. The van der Waals surface area contributed by atoms with Gasteiger partial charge in [0.15, 0.2) is 0 Å². The number of carbonyl (C=O) groups is 9. The smallest absolute Gasteiger partial charge is 0.355 e. The Hall–Kier alpha value is -10.5. The van der Waals surface area contributed by atoms with E-state index in [1.54, 1.807) is 68.8 Å². The highest BCUT2D eigenvalue weighted by Crippen LogP contribution is 2.43. The van der Waals surface area contributed by atoms with Gasteiger partial charge in [0.2, 0.25) is 23.3 Å². The molecule has 3 aliphatic rings. The van der Waals surface area contributed by atoms with Crippen molar-refractivity contribution in [3.8, 4) is 11.4 Å². The van der Waals surface area contributed by atoms with Crippen LogP contribution in [0.3, 0.4) is 0 Å². The molecule has 9 amide bonds. The summed E-state index contributed by atoms with van der Waals surface area (Å²) in [6.07, 6.45) is 1.60. The van der Waals surface area contributed by atoms with E-state index in [2.05, 4.69) is 52.2 Å². The summed E-state index contributed by atoms with van der Waals surface area (Å²) >= 11 is 0. The first-order valence-electron chi connectivity index (χ1n) is 34.4. The number of anilines is 4. The number of para-hydroxylation sites is 1. The van der Waals surface area contributed by atoms with Gasteiger partial charge < -0.3 is 76.4 Å². The van der Waals surface area contributed by atoms with Crippen LogP contribution >= 0.6 is 0 Å². The standard InChI is InChI=1S/C72H91N15O15S/c1-9-28-73-69(96)78-48-18-15-20-50(37-48)103(99,100)82-49-19-14-17-45(36-49)57(39-62(90)91)80-71(98)77-47-26-24-46(25-27-47)76-70(97)74-29-31-83(6)32-33-84(7)34-35-85(8)42-60(88)75-40-61(89)86-30-16-23-58(86)65(92)81-63(44(4)5)67(94)102-72(11-3)55-38-59-64-53(41-87(59)66(93)54(55)43-101-68(72)95)51(10-2)52-21-12-13-22-56(52)79-64/h12-15,17-22,24-27,36-38,44,57-58,63,82H,9-11,16,23,28-35,39-43H2,1-8H3,(H,75,88)(H,81,92)(H,90,91)(H2,73,78,96)(H2,74,76,97)(H2,77,80,98). The average molecular weight is 1440 g/mol. The van der Waals surface area contributed by atoms with E-state index in [0.29, 0.717) is 99.8 Å². The minimum absolute atomic E-state index is 0.00168. The van der Waals surface area contributed by atoms with E-state index in [4.69, 9.17) is 14.5 Å². The highest BCUT2D eigenvalue weighted by molar-refractivity contribution is 7.92. The van der Waals surface area contributed by atoms with Crippen LogP contribution in [0.25, 0.3) is 22.3 Å². The number of likely N-dealkylation sites (tertiary alicyclic amines) is 1. The number of nitrogens with zero attached hydrogens (tertiary/aromatic N) is 6. The fourth-order valence-electron chi connectivity index (χ4n) is 12.7. The Bertz CT molecular complexity index is 4340. The van der Waals surface area contributed by atoms with E-state index < -0.39 is 99.8 Å². The molecule has 31 heteroatoms. The molecule has 0 saturated carbocycles.